The van der Waals surface area contributed by atoms with E-state index in [4.69, 9.17) is 5.73 Å². The molecule has 0 aliphatic rings. The Balaban J connectivity index is 2.49. The van der Waals surface area contributed by atoms with Crippen LogP contribution in [0.25, 0.3) is 0 Å². The molecule has 6 nitrogen and oxygen atoms in total. The zero-order valence-electron chi connectivity index (χ0n) is 13.0. The van der Waals surface area contributed by atoms with Crippen molar-refractivity contribution in [3.8, 4) is 0 Å². The summed E-state index contributed by atoms with van der Waals surface area (Å²) in [6.07, 6.45) is 3.05. The van der Waals surface area contributed by atoms with Gasteiger partial charge in [-0.05, 0) is 51.5 Å². The molecular weight excluding hydrogens is 288 g/mol. The van der Waals surface area contributed by atoms with Crippen LogP contribution >= 0.6 is 0 Å². The first-order chi connectivity index (χ1) is 9.89. The fraction of sp³-hybridized carbons (Fsp3) is 0.643. The van der Waals surface area contributed by atoms with Crippen LogP contribution in [0.2, 0.25) is 0 Å². The minimum absolute atomic E-state index is 0.108. The molecule has 0 spiro atoms. The molecule has 0 aliphatic carbocycles. The van der Waals surface area contributed by atoms with Crippen molar-refractivity contribution in [3.63, 3.8) is 0 Å². The Morgan fingerprint density at radius 2 is 2.00 bits per heavy atom. The summed E-state index contributed by atoms with van der Waals surface area (Å²) in [5.41, 5.74) is 5.46. The number of sulfonamides is 1. The van der Waals surface area contributed by atoms with E-state index in [0.717, 1.165) is 32.5 Å². The van der Waals surface area contributed by atoms with Gasteiger partial charge in [0, 0.05) is 12.2 Å². The molecule has 1 atom stereocenters. The highest BCUT2D eigenvalue weighted by Gasteiger charge is 2.17. The van der Waals surface area contributed by atoms with Crippen molar-refractivity contribution in [2.45, 2.75) is 44.6 Å². The van der Waals surface area contributed by atoms with Gasteiger partial charge >= 0.3 is 0 Å². The molecule has 1 aromatic heterocycles. The number of aromatic nitrogens is 1. The number of hydrogen-bond donors (Lipinski definition) is 2. The fourth-order valence-electron chi connectivity index (χ4n) is 2.10. The molecule has 1 aromatic rings. The van der Waals surface area contributed by atoms with Crippen LogP contribution in [0, 0.1) is 0 Å². The average molecular weight is 314 g/mol. The van der Waals surface area contributed by atoms with Crippen LogP contribution in [-0.4, -0.2) is 44.0 Å². The fourth-order valence-corrected chi connectivity index (χ4v) is 3.33. The SMILES string of the molecule is CCN(CC)CCCC(C)NS(=O)(=O)c1ccc(N)nc1. The van der Waals surface area contributed by atoms with Crippen LogP contribution in [0.1, 0.15) is 33.6 Å². The number of anilines is 1. The van der Waals surface area contributed by atoms with Gasteiger partial charge < -0.3 is 10.6 Å². The van der Waals surface area contributed by atoms with E-state index in [-0.39, 0.29) is 10.9 Å². The van der Waals surface area contributed by atoms with Gasteiger partial charge in [-0.15, -0.1) is 0 Å². The molecule has 0 saturated heterocycles. The topological polar surface area (TPSA) is 88.3 Å². The lowest BCUT2D eigenvalue weighted by atomic mass is 10.2. The molecular formula is C14H26N4O2S. The second-order valence-electron chi connectivity index (χ2n) is 5.11. The molecule has 0 radical (unpaired) electrons. The van der Waals surface area contributed by atoms with Crippen LogP contribution in [-0.2, 0) is 10.0 Å². The summed E-state index contributed by atoms with van der Waals surface area (Å²) >= 11 is 0. The lowest BCUT2D eigenvalue weighted by Gasteiger charge is -2.19. The van der Waals surface area contributed by atoms with Gasteiger partial charge in [0.05, 0.1) is 0 Å². The Bertz CT molecular complexity index is 512. The van der Waals surface area contributed by atoms with Crippen LogP contribution in [0.5, 0.6) is 0 Å². The van der Waals surface area contributed by atoms with E-state index >= 15 is 0 Å². The van der Waals surface area contributed by atoms with Gasteiger partial charge in [-0.1, -0.05) is 13.8 Å². The van der Waals surface area contributed by atoms with Crippen molar-refractivity contribution in [1.29, 1.82) is 0 Å². The number of rotatable bonds is 9. The smallest absolute Gasteiger partial charge is 0.242 e. The highest BCUT2D eigenvalue weighted by molar-refractivity contribution is 7.89. The van der Waals surface area contributed by atoms with E-state index in [0.29, 0.717) is 5.82 Å². The third kappa shape index (κ3) is 5.99. The lowest BCUT2D eigenvalue weighted by molar-refractivity contribution is 0.293. The minimum atomic E-state index is -3.52. The second-order valence-corrected chi connectivity index (χ2v) is 6.82. The first-order valence-electron chi connectivity index (χ1n) is 7.35. The highest BCUT2D eigenvalue weighted by Crippen LogP contribution is 2.10. The number of nitrogens with zero attached hydrogens (tertiary/aromatic N) is 2. The summed E-state index contributed by atoms with van der Waals surface area (Å²) in [6, 6.07) is 2.84. The molecule has 120 valence electrons. The Kier molecular flexibility index (Phi) is 7.07. The first kappa shape index (κ1) is 17.9. The zero-order valence-corrected chi connectivity index (χ0v) is 13.9. The molecule has 3 N–H and O–H groups in total. The van der Waals surface area contributed by atoms with Gasteiger partial charge in [-0.2, -0.15) is 0 Å². The van der Waals surface area contributed by atoms with Gasteiger partial charge in [0.25, 0.3) is 0 Å². The molecule has 0 bridgehead atoms. The van der Waals surface area contributed by atoms with E-state index in [1.165, 1.54) is 18.3 Å². The van der Waals surface area contributed by atoms with Crippen molar-refractivity contribution >= 4 is 15.8 Å². The summed E-state index contributed by atoms with van der Waals surface area (Å²) in [5.74, 6) is 0.307. The number of nitrogens with one attached hydrogen (secondary N) is 1. The monoisotopic (exact) mass is 314 g/mol. The molecule has 7 heteroatoms. The molecule has 1 unspecified atom stereocenters. The van der Waals surface area contributed by atoms with Crippen LogP contribution in [0.15, 0.2) is 23.2 Å². The third-order valence-electron chi connectivity index (χ3n) is 3.43. The maximum absolute atomic E-state index is 12.2. The van der Waals surface area contributed by atoms with Gasteiger partial charge in [-0.3, -0.25) is 0 Å². The molecule has 1 heterocycles. The standard InChI is InChI=1S/C14H26N4O2S/c1-4-18(5-2)10-6-7-12(3)17-21(19,20)13-8-9-14(15)16-11-13/h8-9,11-12,17H,4-7,10H2,1-3H3,(H2,15,16). The first-order valence-corrected chi connectivity index (χ1v) is 8.83. The predicted molar refractivity (Wildman–Crippen MR) is 85.5 cm³/mol. The van der Waals surface area contributed by atoms with Crippen molar-refractivity contribution in [1.82, 2.24) is 14.6 Å². The number of pyridine rings is 1. The van der Waals surface area contributed by atoms with E-state index < -0.39 is 10.0 Å². The maximum atomic E-state index is 12.2. The minimum Gasteiger partial charge on any atom is -0.384 e. The molecule has 1 rings (SSSR count). The summed E-state index contributed by atoms with van der Waals surface area (Å²) in [4.78, 5) is 6.28. The molecule has 21 heavy (non-hydrogen) atoms. The lowest BCUT2D eigenvalue weighted by Crippen LogP contribution is -2.33. The van der Waals surface area contributed by atoms with Gasteiger partial charge in [0.2, 0.25) is 10.0 Å². The summed E-state index contributed by atoms with van der Waals surface area (Å²) in [5, 5.41) is 0. The largest absolute Gasteiger partial charge is 0.384 e. The maximum Gasteiger partial charge on any atom is 0.242 e. The Morgan fingerprint density at radius 3 is 2.52 bits per heavy atom. The van der Waals surface area contributed by atoms with Crippen LogP contribution < -0.4 is 10.5 Å². The molecule has 0 aromatic carbocycles. The summed E-state index contributed by atoms with van der Waals surface area (Å²) in [7, 11) is -3.52. The molecule has 0 saturated carbocycles. The number of hydrogen-bond acceptors (Lipinski definition) is 5. The average Bonchev–Trinajstić information content (AvgIpc) is 2.43. The normalized spacial score (nSPS) is 13.5. The predicted octanol–water partition coefficient (Wildman–Crippen LogP) is 1.45. The van der Waals surface area contributed by atoms with Crippen molar-refractivity contribution in [2.75, 3.05) is 25.4 Å². The summed E-state index contributed by atoms with van der Waals surface area (Å²) < 4.78 is 27.0. The van der Waals surface area contributed by atoms with Gasteiger partial charge in [-0.25, -0.2) is 18.1 Å². The zero-order chi connectivity index (χ0) is 15.9. The Hall–Kier alpha value is -1.18. The molecule has 0 fully saturated rings. The van der Waals surface area contributed by atoms with Crippen molar-refractivity contribution in [2.24, 2.45) is 0 Å². The van der Waals surface area contributed by atoms with E-state index in [9.17, 15) is 8.42 Å². The van der Waals surface area contributed by atoms with Gasteiger partial charge in [0.15, 0.2) is 0 Å². The quantitative estimate of drug-likeness (QED) is 0.720. The number of nitrogen functional groups attached to an aromatic ring is 1. The van der Waals surface area contributed by atoms with E-state index in [1.807, 2.05) is 6.92 Å². The summed E-state index contributed by atoms with van der Waals surface area (Å²) in [6.45, 7) is 9.17. The van der Waals surface area contributed by atoms with Crippen LogP contribution in [0.4, 0.5) is 5.82 Å². The van der Waals surface area contributed by atoms with E-state index in [1.54, 1.807) is 0 Å². The Morgan fingerprint density at radius 1 is 1.33 bits per heavy atom. The van der Waals surface area contributed by atoms with Crippen molar-refractivity contribution in [3.05, 3.63) is 18.3 Å². The van der Waals surface area contributed by atoms with Crippen molar-refractivity contribution < 1.29 is 8.42 Å². The van der Waals surface area contributed by atoms with Crippen LogP contribution in [0.3, 0.4) is 0 Å². The molecule has 0 amide bonds. The highest BCUT2D eigenvalue weighted by atomic mass is 32.2. The van der Waals surface area contributed by atoms with Gasteiger partial charge in [0.1, 0.15) is 10.7 Å². The third-order valence-corrected chi connectivity index (χ3v) is 5.01. The second kappa shape index (κ2) is 8.31. The Labute approximate surface area is 127 Å². The number of nitrogens with two attached hydrogens (primary N) is 1. The van der Waals surface area contributed by atoms with E-state index in [2.05, 4.69) is 28.5 Å². The molecule has 0 aliphatic heterocycles.